The molecule has 1 fully saturated rings. The summed E-state index contributed by atoms with van der Waals surface area (Å²) in [5.41, 5.74) is 1.21. The van der Waals surface area contributed by atoms with E-state index in [0.717, 1.165) is 13.0 Å². The first-order chi connectivity index (χ1) is 7.85. The minimum absolute atomic E-state index is 0.676. The van der Waals surface area contributed by atoms with Crippen molar-refractivity contribution in [3.63, 3.8) is 0 Å². The zero-order chi connectivity index (χ0) is 11.4. The van der Waals surface area contributed by atoms with Crippen LogP contribution in [0.2, 0.25) is 0 Å². The van der Waals surface area contributed by atoms with Crippen LogP contribution in [0.25, 0.3) is 0 Å². The SMILES string of the molecule is CCc1csc(N(CCCl)C2CCCC2)n1. The first-order valence-corrected chi connectivity index (χ1v) is 7.53. The average Bonchev–Trinajstić information content (AvgIpc) is 2.97. The summed E-state index contributed by atoms with van der Waals surface area (Å²) in [4.78, 5) is 7.10. The Bertz CT molecular complexity index is 321. The van der Waals surface area contributed by atoms with E-state index in [4.69, 9.17) is 11.6 Å². The second kappa shape index (κ2) is 5.87. The number of anilines is 1. The molecule has 90 valence electrons. The Hall–Kier alpha value is -0.280. The molecule has 0 bridgehead atoms. The molecule has 0 unspecified atom stereocenters. The summed E-state index contributed by atoms with van der Waals surface area (Å²) >= 11 is 7.67. The van der Waals surface area contributed by atoms with Crippen molar-refractivity contribution in [2.75, 3.05) is 17.3 Å². The van der Waals surface area contributed by atoms with Crippen molar-refractivity contribution in [2.24, 2.45) is 0 Å². The van der Waals surface area contributed by atoms with E-state index in [1.807, 2.05) is 0 Å². The topological polar surface area (TPSA) is 16.1 Å². The normalized spacial score (nSPS) is 16.9. The van der Waals surface area contributed by atoms with Crippen molar-refractivity contribution in [3.8, 4) is 0 Å². The van der Waals surface area contributed by atoms with Crippen LogP contribution in [0, 0.1) is 0 Å². The van der Waals surface area contributed by atoms with E-state index >= 15 is 0 Å². The van der Waals surface area contributed by atoms with Crippen LogP contribution in [-0.2, 0) is 6.42 Å². The molecule has 4 heteroatoms. The summed E-state index contributed by atoms with van der Waals surface area (Å²) in [6.45, 7) is 3.09. The largest absolute Gasteiger partial charge is 0.344 e. The maximum atomic E-state index is 5.90. The quantitative estimate of drug-likeness (QED) is 0.749. The van der Waals surface area contributed by atoms with Crippen LogP contribution in [0.4, 0.5) is 5.13 Å². The second-order valence-corrected chi connectivity index (χ2v) is 5.51. The summed E-state index contributed by atoms with van der Waals surface area (Å²) in [6, 6.07) is 0.676. The van der Waals surface area contributed by atoms with Crippen molar-refractivity contribution in [1.29, 1.82) is 0 Å². The second-order valence-electron chi connectivity index (χ2n) is 4.30. The van der Waals surface area contributed by atoms with Gasteiger partial charge in [0.25, 0.3) is 0 Å². The van der Waals surface area contributed by atoms with E-state index in [1.165, 1.54) is 36.5 Å². The molecule has 0 amide bonds. The number of hydrogen-bond donors (Lipinski definition) is 0. The molecule has 1 aromatic rings. The van der Waals surface area contributed by atoms with Crippen molar-refractivity contribution in [3.05, 3.63) is 11.1 Å². The minimum atomic E-state index is 0.676. The predicted octanol–water partition coefficient (Wildman–Crippen LogP) is 3.69. The maximum Gasteiger partial charge on any atom is 0.185 e. The van der Waals surface area contributed by atoms with Gasteiger partial charge in [-0.05, 0) is 19.3 Å². The van der Waals surface area contributed by atoms with E-state index < -0.39 is 0 Å². The van der Waals surface area contributed by atoms with E-state index in [-0.39, 0.29) is 0 Å². The molecule has 0 atom stereocenters. The highest BCUT2D eigenvalue weighted by Gasteiger charge is 2.24. The van der Waals surface area contributed by atoms with Crippen LogP contribution in [0.3, 0.4) is 0 Å². The van der Waals surface area contributed by atoms with Gasteiger partial charge < -0.3 is 4.90 Å². The molecule has 1 aromatic heterocycles. The van der Waals surface area contributed by atoms with Gasteiger partial charge in [-0.25, -0.2) is 4.98 Å². The fraction of sp³-hybridized carbons (Fsp3) is 0.750. The monoisotopic (exact) mass is 258 g/mol. The van der Waals surface area contributed by atoms with Gasteiger partial charge in [0.05, 0.1) is 5.69 Å². The molecule has 0 saturated heterocycles. The average molecular weight is 259 g/mol. The first kappa shape index (κ1) is 12.2. The van der Waals surface area contributed by atoms with Crippen LogP contribution >= 0.6 is 22.9 Å². The zero-order valence-corrected chi connectivity index (χ0v) is 11.4. The van der Waals surface area contributed by atoms with Gasteiger partial charge in [0.2, 0.25) is 0 Å². The Balaban J connectivity index is 2.10. The summed E-state index contributed by atoms with van der Waals surface area (Å²) < 4.78 is 0. The third kappa shape index (κ3) is 2.69. The zero-order valence-electron chi connectivity index (χ0n) is 9.79. The van der Waals surface area contributed by atoms with Crippen molar-refractivity contribution >= 4 is 28.1 Å². The fourth-order valence-electron chi connectivity index (χ4n) is 2.33. The third-order valence-corrected chi connectivity index (χ3v) is 4.33. The molecule has 1 aliphatic rings. The smallest absolute Gasteiger partial charge is 0.185 e. The third-order valence-electron chi connectivity index (χ3n) is 3.24. The summed E-state index contributed by atoms with van der Waals surface area (Å²) in [7, 11) is 0. The Morgan fingerprint density at radius 1 is 1.50 bits per heavy atom. The molecule has 16 heavy (non-hydrogen) atoms. The number of alkyl halides is 1. The summed E-state index contributed by atoms with van der Waals surface area (Å²) in [6.07, 6.45) is 6.34. The lowest BCUT2D eigenvalue weighted by Gasteiger charge is -2.27. The van der Waals surface area contributed by atoms with Crippen molar-refractivity contribution < 1.29 is 0 Å². The number of aromatic nitrogens is 1. The van der Waals surface area contributed by atoms with Gasteiger partial charge in [-0.3, -0.25) is 0 Å². The van der Waals surface area contributed by atoms with Gasteiger partial charge in [0.15, 0.2) is 5.13 Å². The van der Waals surface area contributed by atoms with Crippen molar-refractivity contribution in [1.82, 2.24) is 4.98 Å². The van der Waals surface area contributed by atoms with Gasteiger partial charge in [-0.1, -0.05) is 19.8 Å². The number of hydrogen-bond acceptors (Lipinski definition) is 3. The summed E-state index contributed by atoms with van der Waals surface area (Å²) in [5.74, 6) is 0.692. The number of thiazole rings is 1. The Morgan fingerprint density at radius 3 is 2.81 bits per heavy atom. The Kier molecular flexibility index (Phi) is 4.47. The predicted molar refractivity (Wildman–Crippen MR) is 71.8 cm³/mol. The van der Waals surface area contributed by atoms with E-state index in [1.54, 1.807) is 11.3 Å². The molecule has 2 rings (SSSR count). The Labute approximate surface area is 107 Å². The lowest BCUT2D eigenvalue weighted by molar-refractivity contribution is 0.619. The molecule has 1 heterocycles. The van der Waals surface area contributed by atoms with Gasteiger partial charge in [-0.15, -0.1) is 22.9 Å². The standard InChI is InChI=1S/C12H19ClN2S/c1-2-10-9-16-12(14-10)15(8-7-13)11-5-3-4-6-11/h9,11H,2-8H2,1H3. The molecule has 0 radical (unpaired) electrons. The molecule has 0 aromatic carbocycles. The molecule has 1 aliphatic carbocycles. The first-order valence-electron chi connectivity index (χ1n) is 6.12. The number of aryl methyl sites for hydroxylation is 1. The number of rotatable bonds is 5. The number of halogens is 1. The van der Waals surface area contributed by atoms with Crippen LogP contribution < -0.4 is 4.90 Å². The fourth-order valence-corrected chi connectivity index (χ4v) is 3.52. The van der Waals surface area contributed by atoms with Crippen LogP contribution in [0.5, 0.6) is 0 Å². The van der Waals surface area contributed by atoms with Crippen molar-refractivity contribution in [2.45, 2.75) is 45.1 Å². The summed E-state index contributed by atoms with van der Waals surface area (Å²) in [5, 5.41) is 3.34. The van der Waals surface area contributed by atoms with Crippen LogP contribution in [0.15, 0.2) is 5.38 Å². The maximum absolute atomic E-state index is 5.90. The van der Waals surface area contributed by atoms with Gasteiger partial charge >= 0.3 is 0 Å². The Morgan fingerprint density at radius 2 is 2.25 bits per heavy atom. The highest BCUT2D eigenvalue weighted by molar-refractivity contribution is 7.13. The van der Waals surface area contributed by atoms with Crippen LogP contribution in [-0.4, -0.2) is 23.5 Å². The number of nitrogens with zero attached hydrogens (tertiary/aromatic N) is 2. The lowest BCUT2D eigenvalue weighted by atomic mass is 10.2. The van der Waals surface area contributed by atoms with Gasteiger partial charge in [0, 0.05) is 23.8 Å². The molecular weight excluding hydrogens is 240 g/mol. The van der Waals surface area contributed by atoms with E-state index in [0.29, 0.717) is 11.9 Å². The molecule has 0 spiro atoms. The van der Waals surface area contributed by atoms with Crippen LogP contribution in [0.1, 0.15) is 38.3 Å². The highest BCUT2D eigenvalue weighted by Crippen LogP contribution is 2.30. The molecule has 0 aliphatic heterocycles. The minimum Gasteiger partial charge on any atom is -0.344 e. The molecule has 0 N–H and O–H groups in total. The molecular formula is C12H19ClN2S. The molecule has 2 nitrogen and oxygen atoms in total. The van der Waals surface area contributed by atoms with E-state index in [9.17, 15) is 0 Å². The van der Waals surface area contributed by atoms with Gasteiger partial charge in [-0.2, -0.15) is 0 Å². The highest BCUT2D eigenvalue weighted by atomic mass is 35.5. The lowest BCUT2D eigenvalue weighted by Crippen LogP contribution is -2.34. The van der Waals surface area contributed by atoms with Gasteiger partial charge in [0.1, 0.15) is 0 Å². The molecule has 1 saturated carbocycles. The van der Waals surface area contributed by atoms with E-state index in [2.05, 4.69) is 22.2 Å².